The van der Waals surface area contributed by atoms with Gasteiger partial charge in [0.15, 0.2) is 0 Å². The number of carbonyl (C=O) groups is 1. The maximum absolute atomic E-state index is 13.0. The molecule has 0 aliphatic heterocycles. The summed E-state index contributed by atoms with van der Waals surface area (Å²) in [6.07, 6.45) is 3.45. The molecule has 1 aromatic carbocycles. The molecule has 2 aliphatic carbocycles. The molecular formula is C21H33N3O3S. The number of sulfonamides is 1. The average Bonchev–Trinajstić information content (AvgIpc) is 3.00. The summed E-state index contributed by atoms with van der Waals surface area (Å²) in [6.45, 7) is 12.0. The summed E-state index contributed by atoms with van der Waals surface area (Å²) >= 11 is 0. The maximum atomic E-state index is 13.0. The Hall–Kier alpha value is -1.60. The zero-order valence-electron chi connectivity index (χ0n) is 17.7. The molecule has 3 atom stereocenters. The second kappa shape index (κ2) is 6.46. The Morgan fingerprint density at radius 1 is 1.21 bits per heavy atom. The highest BCUT2D eigenvalue weighted by Crippen LogP contribution is 2.62. The van der Waals surface area contributed by atoms with Gasteiger partial charge in [0.05, 0.1) is 5.69 Å². The topological polar surface area (TPSA) is 101 Å². The van der Waals surface area contributed by atoms with Gasteiger partial charge in [0.2, 0.25) is 10.0 Å². The second-order valence-electron chi connectivity index (χ2n) is 10.4. The summed E-state index contributed by atoms with van der Waals surface area (Å²) in [7, 11) is -3.83. The van der Waals surface area contributed by atoms with Crippen LogP contribution in [0.4, 0.5) is 5.69 Å². The fourth-order valence-corrected chi connectivity index (χ4v) is 6.82. The van der Waals surface area contributed by atoms with Gasteiger partial charge in [0, 0.05) is 17.1 Å². The van der Waals surface area contributed by atoms with Crippen molar-refractivity contribution in [2.45, 2.75) is 77.3 Å². The van der Waals surface area contributed by atoms with Crippen molar-refractivity contribution in [1.82, 2.24) is 10.0 Å². The van der Waals surface area contributed by atoms with Crippen molar-refractivity contribution in [2.24, 2.45) is 16.7 Å². The second-order valence-corrected chi connectivity index (χ2v) is 12.1. The van der Waals surface area contributed by atoms with Gasteiger partial charge in [-0.15, -0.1) is 0 Å². The van der Waals surface area contributed by atoms with Crippen LogP contribution in [0.15, 0.2) is 23.1 Å². The molecule has 3 rings (SSSR count). The summed E-state index contributed by atoms with van der Waals surface area (Å²) < 4.78 is 28.0. The minimum Gasteiger partial charge on any atom is -0.398 e. The third kappa shape index (κ3) is 3.66. The lowest BCUT2D eigenvalue weighted by Crippen LogP contribution is -2.52. The van der Waals surface area contributed by atoms with Crippen molar-refractivity contribution < 1.29 is 13.2 Å². The summed E-state index contributed by atoms with van der Waals surface area (Å²) in [5.74, 6) is 0.361. The molecule has 1 amide bonds. The van der Waals surface area contributed by atoms with Gasteiger partial charge in [-0.2, -0.15) is 0 Å². The Morgan fingerprint density at radius 2 is 1.86 bits per heavy atom. The number of hydrogen-bond acceptors (Lipinski definition) is 4. The Bertz CT molecular complexity index is 897. The number of amides is 1. The van der Waals surface area contributed by atoms with Crippen molar-refractivity contribution in [3.8, 4) is 0 Å². The molecule has 0 spiro atoms. The molecule has 28 heavy (non-hydrogen) atoms. The number of nitrogen functional groups attached to an aromatic ring is 1. The van der Waals surface area contributed by atoms with E-state index in [-0.39, 0.29) is 33.4 Å². The number of fused-ring (bicyclic) bond motifs is 2. The molecule has 0 aromatic heterocycles. The molecule has 0 saturated heterocycles. The van der Waals surface area contributed by atoms with E-state index in [9.17, 15) is 13.2 Å². The molecule has 1 unspecified atom stereocenters. The van der Waals surface area contributed by atoms with Crippen molar-refractivity contribution in [1.29, 1.82) is 0 Å². The molecule has 0 heterocycles. The zero-order valence-corrected chi connectivity index (χ0v) is 18.5. The van der Waals surface area contributed by atoms with Gasteiger partial charge >= 0.3 is 0 Å². The molecular weight excluding hydrogens is 374 g/mol. The fraction of sp³-hybridized carbons (Fsp3) is 0.667. The highest BCUT2D eigenvalue weighted by molar-refractivity contribution is 7.89. The van der Waals surface area contributed by atoms with Crippen LogP contribution in [0.1, 0.15) is 71.2 Å². The Kier molecular flexibility index (Phi) is 4.87. The first-order valence-electron chi connectivity index (χ1n) is 9.90. The van der Waals surface area contributed by atoms with E-state index in [1.165, 1.54) is 18.6 Å². The van der Waals surface area contributed by atoms with Crippen LogP contribution in [0.3, 0.4) is 0 Å². The quantitative estimate of drug-likeness (QED) is 0.667. The van der Waals surface area contributed by atoms with E-state index < -0.39 is 15.6 Å². The van der Waals surface area contributed by atoms with Gasteiger partial charge < -0.3 is 11.1 Å². The average molecular weight is 408 g/mol. The molecule has 4 N–H and O–H groups in total. The van der Waals surface area contributed by atoms with E-state index in [1.54, 1.807) is 26.8 Å². The first-order chi connectivity index (χ1) is 12.7. The van der Waals surface area contributed by atoms with Crippen molar-refractivity contribution >= 4 is 21.6 Å². The highest BCUT2D eigenvalue weighted by Gasteiger charge is 2.59. The van der Waals surface area contributed by atoms with E-state index in [2.05, 4.69) is 30.8 Å². The number of nitrogens with one attached hydrogen (secondary N) is 2. The maximum Gasteiger partial charge on any atom is 0.251 e. The first kappa shape index (κ1) is 21.1. The van der Waals surface area contributed by atoms with Gasteiger partial charge in [-0.05, 0) is 75.0 Å². The number of benzene rings is 1. The fourth-order valence-electron chi connectivity index (χ4n) is 5.24. The van der Waals surface area contributed by atoms with Crippen LogP contribution >= 0.6 is 0 Å². The Balaban J connectivity index is 1.88. The van der Waals surface area contributed by atoms with Gasteiger partial charge in [-0.1, -0.05) is 20.8 Å². The van der Waals surface area contributed by atoms with Crippen LogP contribution < -0.4 is 15.8 Å². The Labute approximate surface area is 168 Å². The van der Waals surface area contributed by atoms with Crippen LogP contribution in [-0.2, 0) is 10.0 Å². The van der Waals surface area contributed by atoms with E-state index in [0.29, 0.717) is 11.5 Å². The number of hydrogen-bond donors (Lipinski definition) is 3. The smallest absolute Gasteiger partial charge is 0.251 e. The molecule has 2 saturated carbocycles. The number of rotatable bonds is 4. The van der Waals surface area contributed by atoms with E-state index in [0.717, 1.165) is 12.8 Å². The van der Waals surface area contributed by atoms with E-state index in [1.807, 2.05) is 0 Å². The monoisotopic (exact) mass is 407 g/mol. The van der Waals surface area contributed by atoms with Gasteiger partial charge in [-0.3, -0.25) is 4.79 Å². The zero-order chi connectivity index (χ0) is 21.1. The van der Waals surface area contributed by atoms with Crippen LogP contribution in [0.25, 0.3) is 0 Å². The molecule has 7 heteroatoms. The standard InChI is InChI=1S/C21H33N3O3S/c1-19(2,3)24-28(26,27)16-11-13(7-8-15(16)22)17(25)23-18-20(4,5)14-9-10-21(18,6)12-14/h7-8,11,14,18,24H,9-10,12,22H2,1-6H3,(H,23,25)/t14-,18?,21+/m1/s1. The lowest BCUT2D eigenvalue weighted by molar-refractivity contribution is 0.0737. The molecule has 2 aliphatic rings. The lowest BCUT2D eigenvalue weighted by atomic mass is 9.68. The van der Waals surface area contributed by atoms with Crippen LogP contribution in [0.5, 0.6) is 0 Å². The van der Waals surface area contributed by atoms with Gasteiger partial charge in [0.25, 0.3) is 5.91 Å². The summed E-state index contributed by atoms with van der Waals surface area (Å²) in [5, 5.41) is 3.21. The van der Waals surface area contributed by atoms with Crippen molar-refractivity contribution in [3.63, 3.8) is 0 Å². The van der Waals surface area contributed by atoms with E-state index in [4.69, 9.17) is 5.73 Å². The van der Waals surface area contributed by atoms with Crippen LogP contribution in [0.2, 0.25) is 0 Å². The van der Waals surface area contributed by atoms with Crippen LogP contribution in [-0.4, -0.2) is 25.9 Å². The largest absolute Gasteiger partial charge is 0.398 e. The Morgan fingerprint density at radius 3 is 2.39 bits per heavy atom. The molecule has 156 valence electrons. The molecule has 2 bridgehead atoms. The minimum atomic E-state index is -3.83. The number of carbonyl (C=O) groups excluding carboxylic acids is 1. The predicted molar refractivity (Wildman–Crippen MR) is 111 cm³/mol. The molecule has 1 aromatic rings. The van der Waals surface area contributed by atoms with Crippen molar-refractivity contribution in [3.05, 3.63) is 23.8 Å². The van der Waals surface area contributed by atoms with Crippen LogP contribution in [0, 0.1) is 16.7 Å². The third-order valence-electron chi connectivity index (χ3n) is 6.55. The van der Waals surface area contributed by atoms with Gasteiger partial charge in [-0.25, -0.2) is 13.1 Å². The van der Waals surface area contributed by atoms with Crippen molar-refractivity contribution in [2.75, 3.05) is 5.73 Å². The highest BCUT2D eigenvalue weighted by atomic mass is 32.2. The normalized spacial score (nSPS) is 29.1. The molecule has 0 radical (unpaired) electrons. The summed E-state index contributed by atoms with van der Waals surface area (Å²) in [4.78, 5) is 13.0. The summed E-state index contributed by atoms with van der Waals surface area (Å²) in [6, 6.07) is 4.52. The number of anilines is 1. The van der Waals surface area contributed by atoms with Gasteiger partial charge in [0.1, 0.15) is 4.90 Å². The minimum absolute atomic E-state index is 0.0269. The predicted octanol–water partition coefficient (Wildman–Crippen LogP) is 3.29. The number of nitrogens with two attached hydrogens (primary N) is 1. The molecule has 6 nitrogen and oxygen atoms in total. The van der Waals surface area contributed by atoms with E-state index >= 15 is 0 Å². The SMILES string of the molecule is CC(C)(C)NS(=O)(=O)c1cc(C(=O)NC2C(C)(C)[C@@H]3CC[C@@]2(C)C3)ccc1N. The molecule has 2 fully saturated rings. The first-order valence-corrected chi connectivity index (χ1v) is 11.4. The summed E-state index contributed by atoms with van der Waals surface area (Å²) in [5.41, 5.74) is 5.83. The lowest BCUT2D eigenvalue weighted by Gasteiger charge is -2.43. The third-order valence-corrected chi connectivity index (χ3v) is 8.36.